The monoisotopic (exact) mass is 345 g/mol. The number of esters is 1. The summed E-state index contributed by atoms with van der Waals surface area (Å²) in [6, 6.07) is 6.35. The minimum Gasteiger partial charge on any atom is -0.481 e. The van der Waals surface area contributed by atoms with Gasteiger partial charge in [-0.25, -0.2) is 4.79 Å². The number of ether oxygens (including phenoxy) is 1. The Hall–Kier alpha value is -2.63. The molecule has 0 saturated carbocycles. The van der Waals surface area contributed by atoms with Crippen LogP contribution >= 0.6 is 0 Å². The fourth-order valence-corrected chi connectivity index (χ4v) is 2.97. The summed E-state index contributed by atoms with van der Waals surface area (Å²) < 4.78 is 4.91. The van der Waals surface area contributed by atoms with Gasteiger partial charge in [-0.3, -0.25) is 9.59 Å². The topological polar surface area (TPSA) is 92.7 Å². The molecular weight excluding hydrogens is 322 g/mol. The fourth-order valence-electron chi connectivity index (χ4n) is 2.97. The molecule has 0 fully saturated rings. The van der Waals surface area contributed by atoms with Crippen LogP contribution in [0.25, 0.3) is 0 Å². The highest BCUT2D eigenvalue weighted by molar-refractivity contribution is 5.96. The second-order valence-electron chi connectivity index (χ2n) is 6.31. The molecule has 2 N–H and O–H groups in total. The number of anilines is 1. The standard InChI is InChI=1S/C19H23NO5/c1-4-25-19(24)13-5-7-14(8-6-13)20-17(21)15-9-11(2)12(3)10-16(15)18(22)23/h5-8,15-16H,4,9-10H2,1-3H3,(H,20,21)(H,22,23)/t15-,16-/m0/s1. The van der Waals surface area contributed by atoms with Crippen LogP contribution in [0.1, 0.15) is 44.0 Å². The maximum absolute atomic E-state index is 12.6. The first kappa shape index (κ1) is 18.7. The van der Waals surface area contributed by atoms with E-state index in [0.29, 0.717) is 30.7 Å². The number of hydrogen-bond donors (Lipinski definition) is 2. The van der Waals surface area contributed by atoms with Crippen LogP contribution in [0, 0.1) is 11.8 Å². The van der Waals surface area contributed by atoms with Crippen molar-refractivity contribution < 1.29 is 24.2 Å². The van der Waals surface area contributed by atoms with Gasteiger partial charge < -0.3 is 15.2 Å². The minimum absolute atomic E-state index is 0.294. The quantitative estimate of drug-likeness (QED) is 0.631. The van der Waals surface area contributed by atoms with Crippen molar-refractivity contribution in [3.8, 4) is 0 Å². The molecule has 1 amide bonds. The van der Waals surface area contributed by atoms with E-state index < -0.39 is 23.8 Å². The van der Waals surface area contributed by atoms with E-state index >= 15 is 0 Å². The van der Waals surface area contributed by atoms with Crippen molar-refractivity contribution in [2.75, 3.05) is 11.9 Å². The largest absolute Gasteiger partial charge is 0.481 e. The SMILES string of the molecule is CCOC(=O)c1ccc(NC(=O)[C@H]2CC(C)=C(C)C[C@@H]2C(=O)O)cc1. The molecule has 0 aromatic heterocycles. The molecule has 0 radical (unpaired) electrons. The first-order valence-corrected chi connectivity index (χ1v) is 8.29. The molecule has 1 aromatic carbocycles. The van der Waals surface area contributed by atoms with Crippen molar-refractivity contribution >= 4 is 23.5 Å². The van der Waals surface area contributed by atoms with Gasteiger partial charge in [-0.05, 0) is 57.9 Å². The summed E-state index contributed by atoms with van der Waals surface area (Å²) in [7, 11) is 0. The van der Waals surface area contributed by atoms with Gasteiger partial charge >= 0.3 is 11.9 Å². The number of carbonyl (C=O) groups is 3. The highest BCUT2D eigenvalue weighted by Gasteiger charge is 2.37. The maximum Gasteiger partial charge on any atom is 0.338 e. The Balaban J connectivity index is 2.10. The first-order chi connectivity index (χ1) is 11.8. The minimum atomic E-state index is -0.954. The van der Waals surface area contributed by atoms with Crippen molar-refractivity contribution in [1.29, 1.82) is 0 Å². The molecule has 1 aliphatic carbocycles. The lowest BCUT2D eigenvalue weighted by atomic mass is 9.76. The maximum atomic E-state index is 12.6. The molecule has 6 heteroatoms. The van der Waals surface area contributed by atoms with Crippen LogP contribution in [0.15, 0.2) is 35.4 Å². The molecule has 6 nitrogen and oxygen atoms in total. The van der Waals surface area contributed by atoms with E-state index in [2.05, 4.69) is 5.32 Å². The third-order valence-electron chi connectivity index (χ3n) is 4.58. The van der Waals surface area contributed by atoms with Gasteiger partial charge in [0.25, 0.3) is 0 Å². The van der Waals surface area contributed by atoms with Gasteiger partial charge in [0, 0.05) is 5.69 Å². The molecule has 2 atom stereocenters. The van der Waals surface area contributed by atoms with Crippen molar-refractivity contribution in [2.24, 2.45) is 11.8 Å². The molecule has 0 bridgehead atoms. The molecule has 134 valence electrons. The number of hydrogen-bond acceptors (Lipinski definition) is 4. The number of carboxylic acid groups (broad SMARTS) is 1. The van der Waals surface area contributed by atoms with Crippen molar-refractivity contribution in [2.45, 2.75) is 33.6 Å². The molecule has 0 saturated heterocycles. The Morgan fingerprint density at radius 1 is 1.08 bits per heavy atom. The normalized spacial score (nSPS) is 20.1. The average molecular weight is 345 g/mol. The molecule has 25 heavy (non-hydrogen) atoms. The summed E-state index contributed by atoms with van der Waals surface area (Å²) >= 11 is 0. The summed E-state index contributed by atoms with van der Waals surface area (Å²) in [6.45, 7) is 5.87. The molecular formula is C19H23NO5. The predicted molar refractivity (Wildman–Crippen MR) is 93.3 cm³/mol. The number of benzene rings is 1. The van der Waals surface area contributed by atoms with Gasteiger partial charge in [0.05, 0.1) is 24.0 Å². The van der Waals surface area contributed by atoms with E-state index in [9.17, 15) is 19.5 Å². The van der Waals surface area contributed by atoms with Crippen LogP contribution in [0.3, 0.4) is 0 Å². The number of aliphatic carboxylic acids is 1. The molecule has 1 aliphatic rings. The smallest absolute Gasteiger partial charge is 0.338 e. The lowest BCUT2D eigenvalue weighted by Gasteiger charge is -2.29. The molecule has 0 aliphatic heterocycles. The summed E-state index contributed by atoms with van der Waals surface area (Å²) in [4.78, 5) is 35.7. The predicted octanol–water partition coefficient (Wildman–Crippen LogP) is 3.25. The van der Waals surface area contributed by atoms with Gasteiger partial charge in [-0.1, -0.05) is 11.1 Å². The number of nitrogens with one attached hydrogen (secondary N) is 1. The van der Waals surface area contributed by atoms with Crippen LogP contribution in [-0.4, -0.2) is 29.6 Å². The third kappa shape index (κ3) is 4.47. The van der Waals surface area contributed by atoms with Crippen LogP contribution in [-0.2, 0) is 14.3 Å². The second kappa shape index (κ2) is 7.96. The van der Waals surface area contributed by atoms with E-state index in [0.717, 1.165) is 11.1 Å². The Labute approximate surface area is 146 Å². The van der Waals surface area contributed by atoms with Crippen LogP contribution in [0.5, 0.6) is 0 Å². The average Bonchev–Trinajstić information content (AvgIpc) is 2.57. The van der Waals surface area contributed by atoms with Crippen molar-refractivity contribution in [3.05, 3.63) is 41.0 Å². The van der Waals surface area contributed by atoms with Crippen molar-refractivity contribution in [3.63, 3.8) is 0 Å². The van der Waals surface area contributed by atoms with Gasteiger partial charge in [-0.2, -0.15) is 0 Å². The Morgan fingerprint density at radius 3 is 2.16 bits per heavy atom. The van der Waals surface area contributed by atoms with Crippen LogP contribution in [0.2, 0.25) is 0 Å². The van der Waals surface area contributed by atoms with Gasteiger partial charge in [0.15, 0.2) is 0 Å². The summed E-state index contributed by atoms with van der Waals surface area (Å²) in [5.41, 5.74) is 3.02. The highest BCUT2D eigenvalue weighted by Crippen LogP contribution is 2.35. The lowest BCUT2D eigenvalue weighted by molar-refractivity contribution is -0.146. The van der Waals surface area contributed by atoms with Crippen LogP contribution in [0.4, 0.5) is 5.69 Å². The van der Waals surface area contributed by atoms with E-state index in [1.54, 1.807) is 31.2 Å². The summed E-state index contributed by atoms with van der Waals surface area (Å²) in [5.74, 6) is -3.02. The third-order valence-corrected chi connectivity index (χ3v) is 4.58. The van der Waals surface area contributed by atoms with Gasteiger partial charge in [0.1, 0.15) is 0 Å². The van der Waals surface area contributed by atoms with E-state index in [-0.39, 0.29) is 5.91 Å². The number of carbonyl (C=O) groups excluding carboxylic acids is 2. The number of allylic oxidation sites excluding steroid dienone is 2. The first-order valence-electron chi connectivity index (χ1n) is 8.29. The Kier molecular flexibility index (Phi) is 5.96. The Bertz CT molecular complexity index is 705. The molecule has 0 unspecified atom stereocenters. The molecule has 2 rings (SSSR count). The summed E-state index contributed by atoms with van der Waals surface area (Å²) in [6.07, 6.45) is 0.830. The second-order valence-corrected chi connectivity index (χ2v) is 6.31. The lowest BCUT2D eigenvalue weighted by Crippen LogP contribution is -2.36. The van der Waals surface area contributed by atoms with Gasteiger partial charge in [0.2, 0.25) is 5.91 Å². The fraction of sp³-hybridized carbons (Fsp3) is 0.421. The zero-order valence-electron chi connectivity index (χ0n) is 14.7. The molecule has 0 spiro atoms. The van der Waals surface area contributed by atoms with Crippen molar-refractivity contribution in [1.82, 2.24) is 0 Å². The van der Waals surface area contributed by atoms with E-state index in [4.69, 9.17) is 4.74 Å². The van der Waals surface area contributed by atoms with Crippen LogP contribution < -0.4 is 5.32 Å². The zero-order valence-corrected chi connectivity index (χ0v) is 14.7. The number of carboxylic acids is 1. The molecule has 1 aromatic rings. The highest BCUT2D eigenvalue weighted by atomic mass is 16.5. The Morgan fingerprint density at radius 2 is 1.64 bits per heavy atom. The number of rotatable bonds is 5. The zero-order chi connectivity index (χ0) is 18.6. The number of amides is 1. The van der Waals surface area contributed by atoms with Gasteiger partial charge in [-0.15, -0.1) is 0 Å². The molecule has 0 heterocycles. The summed E-state index contributed by atoms with van der Waals surface area (Å²) in [5, 5.41) is 12.2. The van der Waals surface area contributed by atoms with E-state index in [1.165, 1.54) is 0 Å². The van der Waals surface area contributed by atoms with E-state index in [1.807, 2.05) is 13.8 Å².